The summed E-state index contributed by atoms with van der Waals surface area (Å²) in [5.41, 5.74) is 1.93. The third-order valence-electron chi connectivity index (χ3n) is 4.55. The number of hydrogen-bond acceptors (Lipinski definition) is 8. The van der Waals surface area contributed by atoms with Crippen LogP contribution in [0.2, 0.25) is 0 Å². The molecule has 0 aromatic carbocycles. The number of aryl methyl sites for hydroxylation is 1. The quantitative estimate of drug-likeness (QED) is 0.829. The standard InChI is InChI=1S/C15H20N6O2/c1-11-15(19-23-18-11)21-5-3-20(4-6-21)14-8-13(16-10-17-14)12-2-7-22-9-12/h8,10,12H,2-7,9H2,1H3. The van der Waals surface area contributed by atoms with E-state index in [0.29, 0.717) is 5.92 Å². The van der Waals surface area contributed by atoms with Gasteiger partial charge in [0.25, 0.3) is 0 Å². The largest absolute Gasteiger partial charge is 0.381 e. The molecule has 0 saturated carbocycles. The Balaban J connectivity index is 1.44. The zero-order valence-corrected chi connectivity index (χ0v) is 13.2. The van der Waals surface area contributed by atoms with Gasteiger partial charge in [0, 0.05) is 44.8 Å². The molecule has 1 unspecified atom stereocenters. The van der Waals surface area contributed by atoms with Gasteiger partial charge in [0.05, 0.1) is 12.3 Å². The Hall–Kier alpha value is -2.22. The van der Waals surface area contributed by atoms with Crippen LogP contribution in [0.25, 0.3) is 0 Å². The molecule has 2 saturated heterocycles. The van der Waals surface area contributed by atoms with E-state index < -0.39 is 0 Å². The first-order valence-electron chi connectivity index (χ1n) is 8.00. The SMILES string of the molecule is Cc1nonc1N1CCN(c2cc(C3CCOC3)ncn2)CC1. The van der Waals surface area contributed by atoms with E-state index in [1.165, 1.54) is 0 Å². The second-order valence-corrected chi connectivity index (χ2v) is 6.01. The molecule has 0 N–H and O–H groups in total. The van der Waals surface area contributed by atoms with Crippen LogP contribution < -0.4 is 9.80 Å². The van der Waals surface area contributed by atoms with Crippen molar-refractivity contribution in [3.63, 3.8) is 0 Å². The Morgan fingerprint density at radius 1 is 1.09 bits per heavy atom. The van der Waals surface area contributed by atoms with Crippen LogP contribution in [-0.4, -0.2) is 59.7 Å². The molecule has 0 amide bonds. The van der Waals surface area contributed by atoms with Gasteiger partial charge < -0.3 is 14.5 Å². The summed E-state index contributed by atoms with van der Waals surface area (Å²) in [6.07, 6.45) is 2.71. The van der Waals surface area contributed by atoms with Gasteiger partial charge in [-0.3, -0.25) is 0 Å². The van der Waals surface area contributed by atoms with Crippen molar-refractivity contribution in [2.24, 2.45) is 0 Å². The number of anilines is 2. The normalized spacial score (nSPS) is 21.9. The van der Waals surface area contributed by atoms with Crippen LogP contribution in [0.1, 0.15) is 23.7 Å². The van der Waals surface area contributed by atoms with Crippen molar-refractivity contribution >= 4 is 11.6 Å². The molecule has 2 aliphatic heterocycles. The Labute approximate surface area is 134 Å². The molecule has 4 heterocycles. The van der Waals surface area contributed by atoms with Gasteiger partial charge in [-0.25, -0.2) is 14.6 Å². The second-order valence-electron chi connectivity index (χ2n) is 6.01. The van der Waals surface area contributed by atoms with E-state index in [4.69, 9.17) is 9.37 Å². The van der Waals surface area contributed by atoms with Gasteiger partial charge in [-0.2, -0.15) is 0 Å². The Bertz CT molecular complexity index is 661. The van der Waals surface area contributed by atoms with Crippen LogP contribution in [0, 0.1) is 6.92 Å². The molecular weight excluding hydrogens is 296 g/mol. The van der Waals surface area contributed by atoms with E-state index in [2.05, 4.69) is 36.1 Å². The smallest absolute Gasteiger partial charge is 0.196 e. The number of ether oxygens (including phenoxy) is 1. The van der Waals surface area contributed by atoms with Crippen molar-refractivity contribution in [1.29, 1.82) is 0 Å². The molecule has 23 heavy (non-hydrogen) atoms. The summed E-state index contributed by atoms with van der Waals surface area (Å²) < 4.78 is 10.3. The molecule has 0 spiro atoms. The first-order valence-corrected chi connectivity index (χ1v) is 8.00. The maximum absolute atomic E-state index is 5.46. The summed E-state index contributed by atoms with van der Waals surface area (Å²) in [5, 5.41) is 7.84. The van der Waals surface area contributed by atoms with Crippen molar-refractivity contribution < 1.29 is 9.37 Å². The second kappa shape index (κ2) is 6.11. The number of nitrogens with zero attached hydrogens (tertiary/aromatic N) is 6. The number of hydrogen-bond donors (Lipinski definition) is 0. The van der Waals surface area contributed by atoms with E-state index in [0.717, 1.165) is 68.8 Å². The molecule has 2 aromatic rings. The average molecular weight is 316 g/mol. The molecule has 2 fully saturated rings. The first kappa shape index (κ1) is 14.4. The minimum atomic E-state index is 0.405. The lowest BCUT2D eigenvalue weighted by atomic mass is 10.0. The lowest BCUT2D eigenvalue weighted by Crippen LogP contribution is -2.47. The zero-order valence-electron chi connectivity index (χ0n) is 13.2. The maximum atomic E-state index is 5.46. The third kappa shape index (κ3) is 2.86. The molecule has 8 nitrogen and oxygen atoms in total. The molecule has 2 aromatic heterocycles. The Morgan fingerprint density at radius 3 is 2.61 bits per heavy atom. The summed E-state index contributed by atoms with van der Waals surface area (Å²) in [4.78, 5) is 13.4. The third-order valence-corrected chi connectivity index (χ3v) is 4.55. The highest BCUT2D eigenvalue weighted by molar-refractivity contribution is 5.46. The van der Waals surface area contributed by atoms with Crippen LogP contribution in [0.4, 0.5) is 11.6 Å². The van der Waals surface area contributed by atoms with Crippen molar-refractivity contribution in [3.8, 4) is 0 Å². The van der Waals surface area contributed by atoms with Gasteiger partial charge in [0.2, 0.25) is 0 Å². The maximum Gasteiger partial charge on any atom is 0.196 e. The average Bonchev–Trinajstić information content (AvgIpc) is 3.27. The van der Waals surface area contributed by atoms with Gasteiger partial charge in [0.15, 0.2) is 5.82 Å². The predicted molar refractivity (Wildman–Crippen MR) is 83.7 cm³/mol. The number of aromatic nitrogens is 4. The van der Waals surface area contributed by atoms with E-state index in [1.54, 1.807) is 6.33 Å². The van der Waals surface area contributed by atoms with Crippen molar-refractivity contribution in [2.45, 2.75) is 19.3 Å². The highest BCUT2D eigenvalue weighted by Crippen LogP contribution is 2.26. The van der Waals surface area contributed by atoms with E-state index in [1.807, 2.05) is 6.92 Å². The lowest BCUT2D eigenvalue weighted by molar-refractivity contribution is 0.193. The fourth-order valence-corrected chi connectivity index (χ4v) is 3.19. The molecule has 8 heteroatoms. The Kier molecular flexibility index (Phi) is 3.82. The summed E-state index contributed by atoms with van der Waals surface area (Å²) in [6.45, 7) is 7.05. The molecule has 122 valence electrons. The highest BCUT2D eigenvalue weighted by atomic mass is 16.6. The van der Waals surface area contributed by atoms with Gasteiger partial charge >= 0.3 is 0 Å². The topological polar surface area (TPSA) is 80.4 Å². The van der Waals surface area contributed by atoms with Gasteiger partial charge in [-0.05, 0) is 18.5 Å². The molecule has 0 bridgehead atoms. The molecular formula is C15H20N6O2. The van der Waals surface area contributed by atoms with Crippen LogP contribution in [0.5, 0.6) is 0 Å². The van der Waals surface area contributed by atoms with Gasteiger partial charge in [-0.1, -0.05) is 5.16 Å². The van der Waals surface area contributed by atoms with E-state index in [9.17, 15) is 0 Å². The molecule has 1 atom stereocenters. The fraction of sp³-hybridized carbons (Fsp3) is 0.600. The minimum Gasteiger partial charge on any atom is -0.381 e. The molecule has 4 rings (SSSR count). The zero-order chi connectivity index (χ0) is 15.6. The highest BCUT2D eigenvalue weighted by Gasteiger charge is 2.24. The fourth-order valence-electron chi connectivity index (χ4n) is 3.19. The number of rotatable bonds is 3. The minimum absolute atomic E-state index is 0.405. The summed E-state index contributed by atoms with van der Waals surface area (Å²) >= 11 is 0. The summed E-state index contributed by atoms with van der Waals surface area (Å²) in [7, 11) is 0. The first-order chi connectivity index (χ1) is 11.3. The van der Waals surface area contributed by atoms with Crippen molar-refractivity contribution in [1.82, 2.24) is 20.3 Å². The van der Waals surface area contributed by atoms with Gasteiger partial charge in [-0.15, -0.1) is 0 Å². The van der Waals surface area contributed by atoms with Crippen molar-refractivity contribution in [2.75, 3.05) is 49.2 Å². The summed E-state index contributed by atoms with van der Waals surface area (Å²) in [5.74, 6) is 2.24. The lowest BCUT2D eigenvalue weighted by Gasteiger charge is -2.35. The van der Waals surface area contributed by atoms with Crippen LogP contribution in [0.15, 0.2) is 17.0 Å². The van der Waals surface area contributed by atoms with Gasteiger partial charge in [0.1, 0.15) is 17.8 Å². The molecule has 0 aliphatic carbocycles. The van der Waals surface area contributed by atoms with E-state index in [-0.39, 0.29) is 0 Å². The molecule has 2 aliphatic rings. The monoisotopic (exact) mass is 316 g/mol. The van der Waals surface area contributed by atoms with Crippen LogP contribution in [0.3, 0.4) is 0 Å². The Morgan fingerprint density at radius 2 is 1.91 bits per heavy atom. The summed E-state index contributed by atoms with van der Waals surface area (Å²) in [6, 6.07) is 2.11. The molecule has 0 radical (unpaired) electrons. The van der Waals surface area contributed by atoms with Crippen LogP contribution in [-0.2, 0) is 4.74 Å². The van der Waals surface area contributed by atoms with E-state index >= 15 is 0 Å². The van der Waals surface area contributed by atoms with Crippen LogP contribution >= 0.6 is 0 Å². The van der Waals surface area contributed by atoms with Crippen molar-refractivity contribution in [3.05, 3.63) is 23.8 Å². The number of piperazine rings is 1. The predicted octanol–water partition coefficient (Wildman–Crippen LogP) is 0.999.